The fourth-order valence-electron chi connectivity index (χ4n) is 1.84. The molecule has 1 heterocycles. The zero-order valence-corrected chi connectivity index (χ0v) is 14.5. The van der Waals surface area contributed by atoms with Gasteiger partial charge in [-0.15, -0.1) is 11.3 Å². The quantitative estimate of drug-likeness (QED) is 0.853. The Labute approximate surface area is 137 Å². The van der Waals surface area contributed by atoms with Crippen molar-refractivity contribution in [1.29, 1.82) is 0 Å². The van der Waals surface area contributed by atoms with E-state index in [1.165, 1.54) is 0 Å². The second kappa shape index (κ2) is 7.68. The molecule has 0 spiro atoms. The van der Waals surface area contributed by atoms with Crippen molar-refractivity contribution in [3.8, 4) is 10.6 Å². The molecule has 0 saturated heterocycles. The number of benzene rings is 1. The Morgan fingerprint density at radius 1 is 1.48 bits per heavy atom. The van der Waals surface area contributed by atoms with Crippen molar-refractivity contribution in [2.75, 3.05) is 27.2 Å². The molecule has 0 aliphatic heterocycles. The number of hydrogen-bond donors (Lipinski definition) is 1. The number of amides is 1. The number of nitrogens with zero attached hydrogens (tertiary/aromatic N) is 2. The molecule has 1 N–H and O–H groups in total. The predicted octanol–water partition coefficient (Wildman–Crippen LogP) is 2.79. The maximum atomic E-state index is 12.1. The highest BCUT2D eigenvalue weighted by atomic mass is 79.9. The Bertz CT molecular complexity index is 614. The van der Waals surface area contributed by atoms with E-state index >= 15 is 0 Å². The highest BCUT2D eigenvalue weighted by molar-refractivity contribution is 9.10. The lowest BCUT2D eigenvalue weighted by Gasteiger charge is -2.16. The van der Waals surface area contributed by atoms with E-state index in [0.29, 0.717) is 13.0 Å². The van der Waals surface area contributed by atoms with Crippen LogP contribution in [0.5, 0.6) is 0 Å². The number of nitrogens with one attached hydrogen (secondary N) is 1. The summed E-state index contributed by atoms with van der Waals surface area (Å²) in [5, 5.41) is 5.94. The summed E-state index contributed by atoms with van der Waals surface area (Å²) in [5.74, 6) is 0.0938. The molecule has 0 fully saturated rings. The first-order chi connectivity index (χ1) is 10.1. The van der Waals surface area contributed by atoms with Crippen LogP contribution in [-0.2, 0) is 11.2 Å². The van der Waals surface area contributed by atoms with Crippen LogP contribution in [0.15, 0.2) is 34.1 Å². The number of aromatic nitrogens is 1. The standard InChI is InChI=1S/C15H18BrN3OS/c1-17-6-7-19(2)14(20)9-13-10-21-15(18-13)11-4-3-5-12(16)8-11/h3-5,8,10,17H,6-7,9H2,1-2H3. The van der Waals surface area contributed by atoms with Gasteiger partial charge in [0, 0.05) is 35.6 Å². The monoisotopic (exact) mass is 367 g/mol. The smallest absolute Gasteiger partial charge is 0.228 e. The molecule has 0 radical (unpaired) electrons. The number of likely N-dealkylation sites (N-methyl/N-ethyl adjacent to an activating group) is 2. The van der Waals surface area contributed by atoms with E-state index in [0.717, 1.165) is 27.3 Å². The number of hydrogen-bond acceptors (Lipinski definition) is 4. The molecule has 2 aromatic rings. The van der Waals surface area contributed by atoms with Crippen molar-refractivity contribution in [2.24, 2.45) is 0 Å². The summed E-state index contributed by atoms with van der Waals surface area (Å²) in [7, 11) is 3.70. The van der Waals surface area contributed by atoms with E-state index in [1.807, 2.05) is 43.7 Å². The summed E-state index contributed by atoms with van der Waals surface area (Å²) >= 11 is 5.03. The van der Waals surface area contributed by atoms with Gasteiger partial charge in [-0.1, -0.05) is 28.1 Å². The fourth-order valence-corrected chi connectivity index (χ4v) is 3.05. The number of carbonyl (C=O) groups is 1. The Hall–Kier alpha value is -1.24. The Morgan fingerprint density at radius 3 is 3.00 bits per heavy atom. The van der Waals surface area contributed by atoms with Crippen molar-refractivity contribution in [2.45, 2.75) is 6.42 Å². The topological polar surface area (TPSA) is 45.2 Å². The normalized spacial score (nSPS) is 10.6. The first-order valence-electron chi connectivity index (χ1n) is 6.69. The second-order valence-corrected chi connectivity index (χ2v) is 6.52. The summed E-state index contributed by atoms with van der Waals surface area (Å²) in [4.78, 5) is 18.4. The van der Waals surface area contributed by atoms with Gasteiger partial charge in [0.25, 0.3) is 0 Å². The lowest BCUT2D eigenvalue weighted by molar-refractivity contribution is -0.129. The van der Waals surface area contributed by atoms with Crippen molar-refractivity contribution in [3.05, 3.63) is 39.8 Å². The Morgan fingerprint density at radius 2 is 2.29 bits per heavy atom. The number of rotatable bonds is 6. The van der Waals surface area contributed by atoms with Crippen LogP contribution in [0, 0.1) is 0 Å². The van der Waals surface area contributed by atoms with Crippen LogP contribution < -0.4 is 5.32 Å². The van der Waals surface area contributed by atoms with Crippen LogP contribution in [0.2, 0.25) is 0 Å². The SMILES string of the molecule is CNCCN(C)C(=O)Cc1csc(-c2cccc(Br)c2)n1. The van der Waals surface area contributed by atoms with E-state index < -0.39 is 0 Å². The van der Waals surface area contributed by atoms with Gasteiger partial charge >= 0.3 is 0 Å². The Balaban J connectivity index is 2.02. The molecular formula is C15H18BrN3OS. The van der Waals surface area contributed by atoms with Crippen LogP contribution in [0.25, 0.3) is 10.6 Å². The molecule has 1 aromatic heterocycles. The van der Waals surface area contributed by atoms with Crippen LogP contribution in [0.3, 0.4) is 0 Å². The molecule has 6 heteroatoms. The maximum absolute atomic E-state index is 12.1. The molecule has 1 aromatic carbocycles. The number of carbonyl (C=O) groups excluding carboxylic acids is 1. The lowest BCUT2D eigenvalue weighted by Crippen LogP contribution is -2.33. The van der Waals surface area contributed by atoms with E-state index in [1.54, 1.807) is 16.2 Å². The van der Waals surface area contributed by atoms with Crippen molar-refractivity contribution in [3.63, 3.8) is 0 Å². The first-order valence-corrected chi connectivity index (χ1v) is 8.36. The van der Waals surface area contributed by atoms with E-state index in [-0.39, 0.29) is 5.91 Å². The van der Waals surface area contributed by atoms with E-state index in [2.05, 4.69) is 26.2 Å². The zero-order chi connectivity index (χ0) is 15.2. The summed E-state index contributed by atoms with van der Waals surface area (Å²) in [5.41, 5.74) is 1.90. The molecule has 4 nitrogen and oxygen atoms in total. The average molecular weight is 368 g/mol. The molecule has 0 saturated carbocycles. The number of thiazole rings is 1. The first kappa shape index (κ1) is 16.1. The fraction of sp³-hybridized carbons (Fsp3) is 0.333. The lowest BCUT2D eigenvalue weighted by atomic mass is 10.2. The van der Waals surface area contributed by atoms with Crippen molar-refractivity contribution < 1.29 is 4.79 Å². The summed E-state index contributed by atoms with van der Waals surface area (Å²) in [6.45, 7) is 1.50. The third kappa shape index (κ3) is 4.62. The molecule has 1 amide bonds. The molecule has 112 valence electrons. The molecule has 0 unspecified atom stereocenters. The minimum absolute atomic E-state index is 0.0938. The summed E-state index contributed by atoms with van der Waals surface area (Å²) in [6.07, 6.45) is 0.352. The maximum Gasteiger partial charge on any atom is 0.228 e. The van der Waals surface area contributed by atoms with Crippen LogP contribution in [0.4, 0.5) is 0 Å². The molecule has 21 heavy (non-hydrogen) atoms. The molecule has 0 bridgehead atoms. The van der Waals surface area contributed by atoms with Gasteiger partial charge in [0.1, 0.15) is 5.01 Å². The van der Waals surface area contributed by atoms with Gasteiger partial charge in [0.05, 0.1) is 12.1 Å². The van der Waals surface area contributed by atoms with Crippen molar-refractivity contribution in [1.82, 2.24) is 15.2 Å². The minimum Gasteiger partial charge on any atom is -0.344 e. The van der Waals surface area contributed by atoms with E-state index in [4.69, 9.17) is 0 Å². The van der Waals surface area contributed by atoms with Gasteiger partial charge in [-0.3, -0.25) is 4.79 Å². The van der Waals surface area contributed by atoms with Gasteiger partial charge in [-0.2, -0.15) is 0 Å². The Kier molecular flexibility index (Phi) is 5.90. The van der Waals surface area contributed by atoms with Gasteiger partial charge in [-0.05, 0) is 19.2 Å². The largest absolute Gasteiger partial charge is 0.344 e. The molecule has 0 aliphatic carbocycles. The van der Waals surface area contributed by atoms with E-state index in [9.17, 15) is 4.79 Å². The molecule has 0 aliphatic rings. The highest BCUT2D eigenvalue weighted by Crippen LogP contribution is 2.26. The molecule has 2 rings (SSSR count). The highest BCUT2D eigenvalue weighted by Gasteiger charge is 2.12. The second-order valence-electron chi connectivity index (χ2n) is 4.75. The third-order valence-electron chi connectivity index (χ3n) is 3.08. The minimum atomic E-state index is 0.0938. The van der Waals surface area contributed by atoms with Gasteiger partial charge in [0.15, 0.2) is 0 Å². The van der Waals surface area contributed by atoms with Crippen LogP contribution in [0.1, 0.15) is 5.69 Å². The molecular weight excluding hydrogens is 350 g/mol. The predicted molar refractivity (Wildman–Crippen MR) is 90.5 cm³/mol. The van der Waals surface area contributed by atoms with Crippen molar-refractivity contribution >= 4 is 33.2 Å². The third-order valence-corrected chi connectivity index (χ3v) is 4.51. The van der Waals surface area contributed by atoms with Gasteiger partial charge in [-0.25, -0.2) is 4.98 Å². The molecule has 0 atom stereocenters. The average Bonchev–Trinajstić information content (AvgIpc) is 2.93. The van der Waals surface area contributed by atoms with Crippen LogP contribution in [-0.4, -0.2) is 43.0 Å². The number of halogens is 1. The van der Waals surface area contributed by atoms with Gasteiger partial charge in [0.2, 0.25) is 5.91 Å². The summed E-state index contributed by atoms with van der Waals surface area (Å²) in [6, 6.07) is 8.02. The zero-order valence-electron chi connectivity index (χ0n) is 12.1. The van der Waals surface area contributed by atoms with Gasteiger partial charge < -0.3 is 10.2 Å². The summed E-state index contributed by atoms with van der Waals surface area (Å²) < 4.78 is 1.03. The van der Waals surface area contributed by atoms with Crippen LogP contribution >= 0.6 is 27.3 Å².